The van der Waals surface area contributed by atoms with Gasteiger partial charge in [-0.25, -0.2) is 0 Å². The molecule has 0 aliphatic heterocycles. The molecule has 0 fully saturated rings. The summed E-state index contributed by atoms with van der Waals surface area (Å²) < 4.78 is 0. The van der Waals surface area contributed by atoms with Gasteiger partial charge >= 0.3 is 0 Å². The van der Waals surface area contributed by atoms with E-state index >= 15 is 0 Å². The molecule has 0 bridgehead atoms. The Kier molecular flexibility index (Phi) is 3.40. The topological polar surface area (TPSA) is 49.6 Å². The van der Waals surface area contributed by atoms with Crippen LogP contribution in [0.3, 0.4) is 0 Å². The van der Waals surface area contributed by atoms with E-state index in [1.165, 1.54) is 0 Å². The summed E-state index contributed by atoms with van der Waals surface area (Å²) in [5.74, 6) is 0.926. The van der Waals surface area contributed by atoms with Gasteiger partial charge in [0.25, 0.3) is 0 Å². The van der Waals surface area contributed by atoms with Crippen molar-refractivity contribution in [1.29, 1.82) is 0 Å². The van der Waals surface area contributed by atoms with E-state index in [0.29, 0.717) is 5.82 Å². The maximum Gasteiger partial charge on any atom is 0.0265 e. The summed E-state index contributed by atoms with van der Waals surface area (Å²) in [5.41, 5.74) is 6.98. The zero-order valence-electron chi connectivity index (χ0n) is 4.96. The van der Waals surface area contributed by atoms with Crippen LogP contribution in [-0.2, 0) is 21.1 Å². The molecule has 0 amide bonds. The molecule has 0 unspecified atom stereocenters. The molecule has 1 aromatic heterocycles. The Hall–Kier alpha value is -0.432. The molecular weight excluding hydrogens is 286 g/mol. The molecule has 0 aromatic carbocycles. The number of hydrogen-bond donors (Lipinski definition) is 0. The maximum atomic E-state index is 6.98. The monoisotopic (exact) mass is 292 g/mol. The average Bonchev–Trinajstić information content (AvgIpc) is 1.64. The number of hydrogen-bond acceptors (Lipinski definition) is 2. The molecule has 48 valence electrons. The van der Waals surface area contributed by atoms with Gasteiger partial charge in [-0.15, -0.1) is 0 Å². The Labute approximate surface area is 68.0 Å². The SMILES string of the molecule is Cc1nccc([NH-])n1.[W]. The summed E-state index contributed by atoms with van der Waals surface area (Å²) >= 11 is 0. The summed E-state index contributed by atoms with van der Waals surface area (Å²) in [6.07, 6.45) is 1.57. The minimum atomic E-state index is 0. The van der Waals surface area contributed by atoms with Gasteiger partial charge in [-0.3, -0.25) is 4.98 Å². The van der Waals surface area contributed by atoms with Crippen molar-refractivity contribution in [2.24, 2.45) is 0 Å². The fourth-order valence-electron chi connectivity index (χ4n) is 0.456. The molecule has 3 nitrogen and oxygen atoms in total. The molecule has 1 heterocycles. The summed E-state index contributed by atoms with van der Waals surface area (Å²) in [5, 5.41) is 0. The molecule has 4 heteroatoms. The van der Waals surface area contributed by atoms with E-state index in [1.807, 2.05) is 0 Å². The molecule has 1 rings (SSSR count). The van der Waals surface area contributed by atoms with Gasteiger partial charge < -0.3 is 10.7 Å². The van der Waals surface area contributed by atoms with Crippen LogP contribution in [0.5, 0.6) is 0 Å². The Bertz CT molecular complexity index is 172. The van der Waals surface area contributed by atoms with Gasteiger partial charge in [0.1, 0.15) is 0 Å². The summed E-state index contributed by atoms with van der Waals surface area (Å²) in [4.78, 5) is 7.54. The number of aromatic nitrogens is 2. The third-order valence-electron chi connectivity index (χ3n) is 0.776. The molecule has 0 atom stereocenters. The minimum absolute atomic E-state index is 0. The first kappa shape index (κ1) is 8.57. The van der Waals surface area contributed by atoms with Crippen LogP contribution < -0.4 is 0 Å². The number of rotatable bonds is 0. The van der Waals surface area contributed by atoms with Crippen molar-refractivity contribution in [2.45, 2.75) is 6.92 Å². The zero-order chi connectivity index (χ0) is 5.98. The van der Waals surface area contributed by atoms with Gasteiger partial charge in [0.15, 0.2) is 0 Å². The van der Waals surface area contributed by atoms with Crippen LogP contribution in [0.25, 0.3) is 5.73 Å². The van der Waals surface area contributed by atoms with Crippen molar-refractivity contribution in [2.75, 3.05) is 0 Å². The fourth-order valence-corrected chi connectivity index (χ4v) is 0.456. The Morgan fingerprint density at radius 3 is 2.56 bits per heavy atom. The normalized spacial score (nSPS) is 8.11. The van der Waals surface area contributed by atoms with Gasteiger partial charge in [-0.1, -0.05) is 5.82 Å². The number of nitrogens with one attached hydrogen (secondary N) is 1. The first-order chi connectivity index (χ1) is 3.79. The average molecular weight is 292 g/mol. The second-order valence-electron chi connectivity index (χ2n) is 1.49. The van der Waals surface area contributed by atoms with E-state index in [1.54, 1.807) is 19.2 Å². The molecular formula is C5H6N3W-. The van der Waals surface area contributed by atoms with Crippen molar-refractivity contribution in [3.8, 4) is 0 Å². The summed E-state index contributed by atoms with van der Waals surface area (Å²) in [6.45, 7) is 1.76. The zero-order valence-corrected chi connectivity index (χ0v) is 7.89. The largest absolute Gasteiger partial charge is 0.482 e. The first-order valence-corrected chi connectivity index (χ1v) is 2.30. The predicted octanol–water partition coefficient (Wildman–Crippen LogP) is 1.47. The molecule has 0 spiro atoms. The van der Waals surface area contributed by atoms with E-state index in [0.717, 1.165) is 0 Å². The second kappa shape index (κ2) is 3.57. The second-order valence-corrected chi connectivity index (χ2v) is 1.49. The molecule has 0 aliphatic rings. The first-order valence-electron chi connectivity index (χ1n) is 2.30. The molecule has 9 heavy (non-hydrogen) atoms. The Balaban J connectivity index is 0.000000640. The molecule has 0 saturated carbocycles. The van der Waals surface area contributed by atoms with Crippen LogP contribution >= 0.6 is 0 Å². The van der Waals surface area contributed by atoms with Crippen LogP contribution in [-0.4, -0.2) is 9.97 Å². The van der Waals surface area contributed by atoms with E-state index in [9.17, 15) is 0 Å². The van der Waals surface area contributed by atoms with Gasteiger partial charge in [-0.2, -0.15) is 0 Å². The Morgan fingerprint density at radius 1 is 1.56 bits per heavy atom. The number of aryl methyl sites for hydroxylation is 1. The molecule has 1 N–H and O–H groups in total. The molecule has 0 radical (unpaired) electrons. The minimum Gasteiger partial charge on any atom is -0.482 e. The van der Waals surface area contributed by atoms with Crippen molar-refractivity contribution < 1.29 is 21.1 Å². The molecule has 0 saturated heterocycles. The number of nitrogens with zero attached hydrogens (tertiary/aromatic N) is 2. The Morgan fingerprint density at radius 2 is 2.22 bits per heavy atom. The van der Waals surface area contributed by atoms with Crippen molar-refractivity contribution in [1.82, 2.24) is 9.97 Å². The van der Waals surface area contributed by atoms with Crippen LogP contribution in [0.4, 0.5) is 5.82 Å². The third-order valence-corrected chi connectivity index (χ3v) is 0.776. The van der Waals surface area contributed by atoms with Crippen molar-refractivity contribution in [3.05, 3.63) is 23.8 Å². The predicted molar refractivity (Wildman–Crippen MR) is 30.8 cm³/mol. The third kappa shape index (κ3) is 2.56. The smallest absolute Gasteiger partial charge is 0.0265 e. The van der Waals surface area contributed by atoms with Gasteiger partial charge in [0, 0.05) is 33.1 Å². The molecule has 1 aromatic rings. The van der Waals surface area contributed by atoms with E-state index in [2.05, 4.69) is 9.97 Å². The van der Waals surface area contributed by atoms with E-state index in [-0.39, 0.29) is 26.9 Å². The van der Waals surface area contributed by atoms with E-state index in [4.69, 9.17) is 5.73 Å². The van der Waals surface area contributed by atoms with Crippen LogP contribution in [0.15, 0.2) is 12.3 Å². The van der Waals surface area contributed by atoms with Crippen LogP contribution in [0.2, 0.25) is 0 Å². The van der Waals surface area contributed by atoms with Gasteiger partial charge in [0.2, 0.25) is 0 Å². The quantitative estimate of drug-likeness (QED) is 0.727. The fraction of sp³-hybridized carbons (Fsp3) is 0.200. The van der Waals surface area contributed by atoms with Crippen LogP contribution in [0, 0.1) is 6.92 Å². The van der Waals surface area contributed by atoms with Gasteiger partial charge in [0.05, 0.1) is 0 Å². The van der Waals surface area contributed by atoms with Crippen molar-refractivity contribution in [3.63, 3.8) is 0 Å². The van der Waals surface area contributed by atoms with Gasteiger partial charge in [-0.05, 0) is 13.0 Å². The summed E-state index contributed by atoms with van der Waals surface area (Å²) in [6, 6.07) is 1.55. The summed E-state index contributed by atoms with van der Waals surface area (Å²) in [7, 11) is 0. The van der Waals surface area contributed by atoms with E-state index < -0.39 is 0 Å². The maximum absolute atomic E-state index is 6.98. The molecule has 0 aliphatic carbocycles. The standard InChI is InChI=1S/C5H6N3.W/c1-4-7-3-2-5(6)8-4;/h2-3H,1H3,(H-,6,7,8);/q-1;. The van der Waals surface area contributed by atoms with Crippen molar-refractivity contribution >= 4 is 5.82 Å². The van der Waals surface area contributed by atoms with Crippen LogP contribution in [0.1, 0.15) is 5.82 Å².